The molecule has 1 aliphatic heterocycles. The molecule has 2 aromatic rings. The Morgan fingerprint density at radius 1 is 1.26 bits per heavy atom. The van der Waals surface area contributed by atoms with Crippen LogP contribution < -0.4 is 14.8 Å². The molecule has 2 heterocycles. The maximum absolute atomic E-state index is 12.7. The molecule has 0 saturated carbocycles. The van der Waals surface area contributed by atoms with Gasteiger partial charge >= 0.3 is 6.03 Å². The Labute approximate surface area is 159 Å². The third kappa shape index (κ3) is 5.10. The van der Waals surface area contributed by atoms with Gasteiger partial charge in [-0.05, 0) is 37.1 Å². The van der Waals surface area contributed by atoms with Crippen molar-refractivity contribution >= 4 is 11.7 Å². The highest BCUT2D eigenvalue weighted by Crippen LogP contribution is 2.29. The molecule has 0 spiro atoms. The lowest BCUT2D eigenvalue weighted by Crippen LogP contribution is -2.45. The highest BCUT2D eigenvalue weighted by atomic mass is 16.5. The van der Waals surface area contributed by atoms with E-state index in [4.69, 9.17) is 14.2 Å². The zero-order valence-corrected chi connectivity index (χ0v) is 15.7. The lowest BCUT2D eigenvalue weighted by Gasteiger charge is -2.32. The normalized spacial score (nSPS) is 16.7. The first-order valence-electron chi connectivity index (χ1n) is 8.99. The van der Waals surface area contributed by atoms with Crippen LogP contribution in [0.25, 0.3) is 0 Å². The number of aromatic nitrogens is 1. The molecule has 3 rings (SSSR count). The van der Waals surface area contributed by atoms with Gasteiger partial charge in [-0.15, -0.1) is 0 Å². The topological polar surface area (TPSA) is 72.9 Å². The van der Waals surface area contributed by atoms with Crippen LogP contribution in [0.5, 0.6) is 11.5 Å². The third-order valence-electron chi connectivity index (χ3n) is 4.51. The van der Waals surface area contributed by atoms with Crippen molar-refractivity contribution < 1.29 is 19.0 Å². The number of carbonyl (C=O) groups excluding carboxylic acids is 1. The lowest BCUT2D eigenvalue weighted by molar-refractivity contribution is -0.000329. The molecule has 27 heavy (non-hydrogen) atoms. The summed E-state index contributed by atoms with van der Waals surface area (Å²) in [7, 11) is 3.15. The molecule has 1 N–H and O–H groups in total. The van der Waals surface area contributed by atoms with Crippen molar-refractivity contribution in [2.75, 3.05) is 32.6 Å². The number of rotatable bonds is 6. The van der Waals surface area contributed by atoms with E-state index < -0.39 is 0 Å². The number of urea groups is 1. The summed E-state index contributed by atoms with van der Waals surface area (Å²) in [5.41, 5.74) is 1.47. The molecule has 1 aromatic heterocycles. The quantitative estimate of drug-likeness (QED) is 0.843. The fourth-order valence-electron chi connectivity index (χ4n) is 3.05. The van der Waals surface area contributed by atoms with Crippen molar-refractivity contribution in [1.29, 1.82) is 0 Å². The number of methoxy groups -OCH3 is 2. The average Bonchev–Trinajstić information content (AvgIpc) is 2.73. The van der Waals surface area contributed by atoms with E-state index in [1.54, 1.807) is 43.5 Å². The summed E-state index contributed by atoms with van der Waals surface area (Å²) in [5.74, 6) is 1.24. The van der Waals surface area contributed by atoms with E-state index in [1.807, 2.05) is 18.2 Å². The van der Waals surface area contributed by atoms with Crippen molar-refractivity contribution in [1.82, 2.24) is 9.88 Å². The number of anilines is 1. The number of carbonyl (C=O) groups is 1. The monoisotopic (exact) mass is 371 g/mol. The second kappa shape index (κ2) is 9.23. The molecule has 1 fully saturated rings. The van der Waals surface area contributed by atoms with Gasteiger partial charge in [0, 0.05) is 25.4 Å². The van der Waals surface area contributed by atoms with Crippen LogP contribution >= 0.6 is 0 Å². The number of hydrogen-bond acceptors (Lipinski definition) is 5. The fraction of sp³-hybridized carbons (Fsp3) is 0.400. The molecular weight excluding hydrogens is 346 g/mol. The standard InChI is InChI=1S/C20H25N3O4/c1-25-16-8-9-19(26-2)18(12-16)22-20(24)23-11-5-7-17(13-23)27-14-15-6-3-4-10-21-15/h3-4,6,8-10,12,17H,5,7,11,13-14H2,1-2H3,(H,22,24)/t17-/m1/s1. The van der Waals surface area contributed by atoms with Crippen LogP contribution in [0, 0.1) is 0 Å². The van der Waals surface area contributed by atoms with Crippen molar-refractivity contribution in [2.45, 2.75) is 25.6 Å². The first kappa shape index (κ1) is 19.0. The molecule has 144 valence electrons. The van der Waals surface area contributed by atoms with Gasteiger partial charge in [0.05, 0.1) is 38.3 Å². The Bertz CT molecular complexity index is 754. The van der Waals surface area contributed by atoms with Crippen molar-refractivity contribution in [2.24, 2.45) is 0 Å². The number of pyridine rings is 1. The Kier molecular flexibility index (Phi) is 6.49. The first-order valence-corrected chi connectivity index (χ1v) is 8.99. The first-order chi connectivity index (χ1) is 13.2. The van der Waals surface area contributed by atoms with Gasteiger partial charge in [-0.25, -0.2) is 4.79 Å². The van der Waals surface area contributed by atoms with Gasteiger partial charge in [-0.1, -0.05) is 6.07 Å². The fourth-order valence-corrected chi connectivity index (χ4v) is 3.05. The zero-order chi connectivity index (χ0) is 19.1. The van der Waals surface area contributed by atoms with E-state index in [0.29, 0.717) is 36.9 Å². The molecule has 0 bridgehead atoms. The summed E-state index contributed by atoms with van der Waals surface area (Å²) in [5, 5.41) is 2.91. The molecule has 7 nitrogen and oxygen atoms in total. The van der Waals surface area contributed by atoms with Crippen LogP contribution in [0.3, 0.4) is 0 Å². The minimum Gasteiger partial charge on any atom is -0.497 e. The van der Waals surface area contributed by atoms with E-state index in [1.165, 1.54) is 0 Å². The zero-order valence-electron chi connectivity index (χ0n) is 15.7. The predicted octanol–water partition coefficient (Wildman–Crippen LogP) is 3.31. The van der Waals surface area contributed by atoms with Crippen LogP contribution in [-0.4, -0.2) is 49.3 Å². The molecule has 0 aliphatic carbocycles. The molecule has 7 heteroatoms. The molecule has 1 aromatic carbocycles. The largest absolute Gasteiger partial charge is 0.497 e. The summed E-state index contributed by atoms with van der Waals surface area (Å²) in [6.45, 7) is 1.69. The molecule has 0 radical (unpaired) electrons. The Balaban J connectivity index is 1.58. The molecule has 2 amide bonds. The lowest BCUT2D eigenvalue weighted by atomic mass is 10.1. The minimum absolute atomic E-state index is 0.00119. The van der Waals surface area contributed by atoms with Crippen LogP contribution in [0.2, 0.25) is 0 Å². The number of piperidine rings is 1. The summed E-state index contributed by atoms with van der Waals surface area (Å²) in [6, 6.07) is 10.9. The molecule has 1 atom stereocenters. The van der Waals surface area contributed by atoms with Gasteiger partial charge in [0.1, 0.15) is 11.5 Å². The van der Waals surface area contributed by atoms with Crippen molar-refractivity contribution in [3.05, 3.63) is 48.3 Å². The Morgan fingerprint density at radius 2 is 2.15 bits per heavy atom. The van der Waals surface area contributed by atoms with Crippen LogP contribution in [0.1, 0.15) is 18.5 Å². The number of likely N-dealkylation sites (tertiary alicyclic amines) is 1. The van der Waals surface area contributed by atoms with Gasteiger partial charge in [0.15, 0.2) is 0 Å². The summed E-state index contributed by atoms with van der Waals surface area (Å²) in [4.78, 5) is 18.7. The van der Waals surface area contributed by atoms with Gasteiger partial charge in [0.2, 0.25) is 0 Å². The Morgan fingerprint density at radius 3 is 2.89 bits per heavy atom. The highest BCUT2D eigenvalue weighted by molar-refractivity contribution is 5.91. The number of nitrogens with zero attached hydrogens (tertiary/aromatic N) is 2. The third-order valence-corrected chi connectivity index (χ3v) is 4.51. The van der Waals surface area contributed by atoms with E-state index in [2.05, 4.69) is 10.3 Å². The van der Waals surface area contributed by atoms with Crippen molar-refractivity contribution in [3.63, 3.8) is 0 Å². The maximum Gasteiger partial charge on any atom is 0.322 e. The number of benzene rings is 1. The van der Waals surface area contributed by atoms with Crippen LogP contribution in [0.15, 0.2) is 42.6 Å². The molecular formula is C20H25N3O4. The van der Waals surface area contributed by atoms with E-state index in [0.717, 1.165) is 18.5 Å². The predicted molar refractivity (Wildman–Crippen MR) is 102 cm³/mol. The van der Waals surface area contributed by atoms with E-state index in [-0.39, 0.29) is 12.1 Å². The average molecular weight is 371 g/mol. The Hall–Kier alpha value is -2.80. The van der Waals surface area contributed by atoms with E-state index >= 15 is 0 Å². The van der Waals surface area contributed by atoms with Gasteiger partial charge < -0.3 is 24.4 Å². The highest BCUT2D eigenvalue weighted by Gasteiger charge is 2.25. The van der Waals surface area contributed by atoms with Gasteiger partial charge in [-0.2, -0.15) is 0 Å². The SMILES string of the molecule is COc1ccc(OC)c(NC(=O)N2CCC[C@@H](OCc3ccccn3)C2)c1. The molecule has 1 aliphatic rings. The second-order valence-corrected chi connectivity index (χ2v) is 6.34. The number of amides is 2. The second-order valence-electron chi connectivity index (χ2n) is 6.34. The summed E-state index contributed by atoms with van der Waals surface area (Å²) in [6.07, 6.45) is 3.58. The smallest absolute Gasteiger partial charge is 0.322 e. The number of ether oxygens (including phenoxy) is 3. The molecule has 1 saturated heterocycles. The van der Waals surface area contributed by atoms with Gasteiger partial charge in [-0.3, -0.25) is 4.98 Å². The van der Waals surface area contributed by atoms with Crippen molar-refractivity contribution in [3.8, 4) is 11.5 Å². The number of nitrogens with one attached hydrogen (secondary N) is 1. The summed E-state index contributed by atoms with van der Waals surface area (Å²) >= 11 is 0. The number of hydrogen-bond donors (Lipinski definition) is 1. The maximum atomic E-state index is 12.7. The van der Waals surface area contributed by atoms with E-state index in [9.17, 15) is 4.79 Å². The van der Waals surface area contributed by atoms with Gasteiger partial charge in [0.25, 0.3) is 0 Å². The van der Waals surface area contributed by atoms with Crippen LogP contribution in [0.4, 0.5) is 10.5 Å². The summed E-state index contributed by atoms with van der Waals surface area (Å²) < 4.78 is 16.5. The minimum atomic E-state index is -0.173. The van der Waals surface area contributed by atoms with Crippen LogP contribution in [-0.2, 0) is 11.3 Å². The molecule has 0 unspecified atom stereocenters.